The molecule has 1 amide bonds. The Morgan fingerprint density at radius 2 is 2.33 bits per heavy atom. The van der Waals surface area contributed by atoms with Crippen molar-refractivity contribution in [3.05, 3.63) is 38.2 Å². The zero-order valence-corrected chi connectivity index (χ0v) is 12.9. The third kappa shape index (κ3) is 3.17. The van der Waals surface area contributed by atoms with Gasteiger partial charge in [0.25, 0.3) is 0 Å². The van der Waals surface area contributed by atoms with Gasteiger partial charge in [0.2, 0.25) is 5.91 Å². The summed E-state index contributed by atoms with van der Waals surface area (Å²) in [5.41, 5.74) is 9.58. The van der Waals surface area contributed by atoms with Crippen LogP contribution in [0.3, 0.4) is 0 Å². The van der Waals surface area contributed by atoms with Crippen molar-refractivity contribution in [2.45, 2.75) is 13.3 Å². The number of hydrogen-bond acceptors (Lipinski definition) is 3. The predicted octanol–water partition coefficient (Wildman–Crippen LogP) is 3.12. The Morgan fingerprint density at radius 1 is 1.62 bits per heavy atom. The molecular formula is C13H13BrN4O3. The van der Waals surface area contributed by atoms with E-state index >= 15 is 0 Å². The van der Waals surface area contributed by atoms with Crippen LogP contribution in [-0.2, 0) is 4.79 Å². The topological polar surface area (TPSA) is 106 Å². The van der Waals surface area contributed by atoms with Crippen LogP contribution in [0.2, 0.25) is 0 Å². The number of anilines is 1. The van der Waals surface area contributed by atoms with Crippen LogP contribution in [0.25, 0.3) is 10.4 Å². The maximum atomic E-state index is 12.1. The lowest BCUT2D eigenvalue weighted by Gasteiger charge is -2.21. The van der Waals surface area contributed by atoms with Gasteiger partial charge in [-0.1, -0.05) is 5.11 Å². The molecule has 1 fully saturated rings. The Labute approximate surface area is 129 Å². The summed E-state index contributed by atoms with van der Waals surface area (Å²) in [5.74, 6) is -1.34. The second-order valence-electron chi connectivity index (χ2n) is 4.94. The van der Waals surface area contributed by atoms with Crippen molar-refractivity contribution in [1.29, 1.82) is 0 Å². The highest BCUT2D eigenvalue weighted by atomic mass is 79.9. The number of benzene rings is 1. The fourth-order valence-electron chi connectivity index (χ4n) is 2.44. The lowest BCUT2D eigenvalue weighted by atomic mass is 10.1. The average Bonchev–Trinajstić information content (AvgIpc) is 2.76. The number of rotatable bonds is 4. The molecule has 7 nitrogen and oxygen atoms in total. The number of aromatic carboxylic acids is 1. The van der Waals surface area contributed by atoms with E-state index < -0.39 is 5.97 Å². The number of hydrogen-bond donors (Lipinski definition) is 1. The van der Waals surface area contributed by atoms with E-state index in [9.17, 15) is 14.7 Å². The maximum absolute atomic E-state index is 12.1. The molecule has 0 saturated carbocycles. The number of amides is 1. The molecule has 2 rings (SSSR count). The van der Waals surface area contributed by atoms with Crippen LogP contribution in [0.4, 0.5) is 5.69 Å². The molecule has 0 spiro atoms. The monoisotopic (exact) mass is 352 g/mol. The number of carboxylic acid groups (broad SMARTS) is 1. The van der Waals surface area contributed by atoms with Gasteiger partial charge in [0, 0.05) is 28.9 Å². The molecule has 1 aromatic carbocycles. The lowest BCUT2D eigenvalue weighted by Crippen LogP contribution is -2.27. The minimum atomic E-state index is -1.08. The minimum Gasteiger partial charge on any atom is -0.478 e. The van der Waals surface area contributed by atoms with Crippen molar-refractivity contribution in [3.8, 4) is 0 Å². The third-order valence-electron chi connectivity index (χ3n) is 3.32. The molecule has 21 heavy (non-hydrogen) atoms. The molecule has 1 N–H and O–H groups in total. The molecule has 1 aliphatic heterocycles. The van der Waals surface area contributed by atoms with Gasteiger partial charge in [-0.2, -0.15) is 0 Å². The standard InChI is InChI=1S/C13H13BrN4O3/c1-7-2-9(13(20)21)12(10(14)3-7)18-6-8(4-11(18)19)5-16-17-15/h2-3,8H,4-6H2,1H3,(H,20,21). The van der Waals surface area contributed by atoms with E-state index in [1.54, 1.807) is 13.0 Å². The van der Waals surface area contributed by atoms with Gasteiger partial charge >= 0.3 is 5.97 Å². The van der Waals surface area contributed by atoms with Gasteiger partial charge in [-0.25, -0.2) is 4.79 Å². The highest BCUT2D eigenvalue weighted by molar-refractivity contribution is 9.10. The summed E-state index contributed by atoms with van der Waals surface area (Å²) in [6.07, 6.45) is 0.248. The van der Waals surface area contributed by atoms with Gasteiger partial charge in [-0.05, 0) is 52.0 Å². The smallest absolute Gasteiger partial charge is 0.337 e. The first kappa shape index (κ1) is 15.3. The zero-order valence-electron chi connectivity index (χ0n) is 11.3. The van der Waals surface area contributed by atoms with Crippen LogP contribution in [-0.4, -0.2) is 30.1 Å². The number of carbonyl (C=O) groups excluding carboxylic acids is 1. The van der Waals surface area contributed by atoms with Crippen LogP contribution in [0.15, 0.2) is 21.7 Å². The second kappa shape index (κ2) is 6.15. The van der Waals surface area contributed by atoms with Crippen molar-refractivity contribution < 1.29 is 14.7 Å². The first-order chi connectivity index (χ1) is 9.93. The summed E-state index contributed by atoms with van der Waals surface area (Å²) in [7, 11) is 0. The molecular weight excluding hydrogens is 340 g/mol. The lowest BCUT2D eigenvalue weighted by molar-refractivity contribution is -0.117. The Hall–Kier alpha value is -2.05. The van der Waals surface area contributed by atoms with Gasteiger partial charge in [0.1, 0.15) is 0 Å². The Bertz CT molecular complexity index is 655. The second-order valence-corrected chi connectivity index (χ2v) is 5.79. The molecule has 1 unspecified atom stereocenters. The van der Waals surface area contributed by atoms with Crippen molar-refractivity contribution in [3.63, 3.8) is 0 Å². The minimum absolute atomic E-state index is 0.0830. The summed E-state index contributed by atoms with van der Waals surface area (Å²) in [6, 6.07) is 3.31. The molecule has 8 heteroatoms. The number of halogens is 1. The number of nitrogens with zero attached hydrogens (tertiary/aromatic N) is 4. The van der Waals surface area contributed by atoms with E-state index in [-0.39, 0.29) is 30.4 Å². The Morgan fingerprint density at radius 3 is 2.95 bits per heavy atom. The van der Waals surface area contributed by atoms with Crippen LogP contribution in [0.1, 0.15) is 22.3 Å². The average molecular weight is 353 g/mol. The van der Waals surface area contributed by atoms with E-state index in [4.69, 9.17) is 5.53 Å². The van der Waals surface area contributed by atoms with Crippen molar-refractivity contribution >= 4 is 33.5 Å². The number of azide groups is 1. The number of carbonyl (C=O) groups is 2. The highest BCUT2D eigenvalue weighted by Gasteiger charge is 2.33. The molecule has 110 valence electrons. The van der Waals surface area contributed by atoms with E-state index in [0.29, 0.717) is 16.7 Å². The molecule has 1 atom stereocenters. The Kier molecular flexibility index (Phi) is 4.50. The highest BCUT2D eigenvalue weighted by Crippen LogP contribution is 2.35. The normalized spacial score (nSPS) is 17.7. The fraction of sp³-hybridized carbons (Fsp3) is 0.385. The number of aryl methyl sites for hydroxylation is 1. The van der Waals surface area contributed by atoms with E-state index in [0.717, 1.165) is 5.56 Å². The maximum Gasteiger partial charge on any atom is 0.337 e. The summed E-state index contributed by atoms with van der Waals surface area (Å²) in [4.78, 5) is 27.7. The summed E-state index contributed by atoms with van der Waals surface area (Å²) in [6.45, 7) is 2.36. The van der Waals surface area contributed by atoms with Crippen LogP contribution in [0.5, 0.6) is 0 Å². The summed E-state index contributed by atoms with van der Waals surface area (Å²) >= 11 is 3.34. The zero-order chi connectivity index (χ0) is 15.6. The van der Waals surface area contributed by atoms with Gasteiger partial charge in [-0.15, -0.1) is 0 Å². The molecule has 1 heterocycles. The first-order valence-electron chi connectivity index (χ1n) is 6.28. The molecule has 0 radical (unpaired) electrons. The van der Waals surface area contributed by atoms with Crippen LogP contribution >= 0.6 is 15.9 Å². The fourth-order valence-corrected chi connectivity index (χ4v) is 3.23. The van der Waals surface area contributed by atoms with Crippen molar-refractivity contribution in [2.24, 2.45) is 11.0 Å². The molecule has 0 aliphatic carbocycles. The van der Waals surface area contributed by atoms with Crippen LogP contribution < -0.4 is 4.90 Å². The van der Waals surface area contributed by atoms with Gasteiger partial charge in [0.15, 0.2) is 0 Å². The Balaban J connectivity index is 2.40. The van der Waals surface area contributed by atoms with Crippen molar-refractivity contribution in [2.75, 3.05) is 18.0 Å². The third-order valence-corrected chi connectivity index (χ3v) is 3.92. The van der Waals surface area contributed by atoms with E-state index in [2.05, 4.69) is 26.0 Å². The van der Waals surface area contributed by atoms with Gasteiger partial charge in [-0.3, -0.25) is 4.79 Å². The van der Waals surface area contributed by atoms with Gasteiger partial charge in [0.05, 0.1) is 11.3 Å². The summed E-state index contributed by atoms with van der Waals surface area (Å²) < 4.78 is 0.567. The number of carboxylic acids is 1. The van der Waals surface area contributed by atoms with E-state index in [1.807, 2.05) is 0 Å². The van der Waals surface area contributed by atoms with Crippen LogP contribution in [0, 0.1) is 12.8 Å². The van der Waals surface area contributed by atoms with Gasteiger partial charge < -0.3 is 10.0 Å². The molecule has 1 saturated heterocycles. The molecule has 0 aromatic heterocycles. The quantitative estimate of drug-likeness (QED) is 0.510. The molecule has 0 bridgehead atoms. The van der Waals surface area contributed by atoms with Crippen molar-refractivity contribution in [1.82, 2.24) is 0 Å². The SMILES string of the molecule is Cc1cc(Br)c(N2CC(CN=[N+]=[N-])CC2=O)c(C(=O)O)c1. The van der Waals surface area contributed by atoms with E-state index in [1.165, 1.54) is 11.0 Å². The molecule has 1 aromatic rings. The first-order valence-corrected chi connectivity index (χ1v) is 7.08. The summed E-state index contributed by atoms with van der Waals surface area (Å²) in [5, 5.41) is 12.8. The predicted molar refractivity (Wildman–Crippen MR) is 80.3 cm³/mol. The molecule has 1 aliphatic rings. The largest absolute Gasteiger partial charge is 0.478 e.